The minimum Gasteiger partial charge on any atom is -0.328 e. The molecule has 1 aliphatic heterocycles. The first kappa shape index (κ1) is 17.8. The average molecular weight is 368 g/mol. The summed E-state index contributed by atoms with van der Waals surface area (Å²) in [5.41, 5.74) is 6.78. The van der Waals surface area contributed by atoms with Gasteiger partial charge in [0.25, 0.3) is 0 Å². The summed E-state index contributed by atoms with van der Waals surface area (Å²) < 4.78 is 28.5. The number of nitrogens with zero attached hydrogens (tertiary/aromatic N) is 2. The molecule has 0 spiro atoms. The predicted molar refractivity (Wildman–Crippen MR) is 98.9 cm³/mol. The van der Waals surface area contributed by atoms with E-state index in [-0.39, 0.29) is 17.5 Å². The minimum absolute atomic E-state index is 0.0414. The quantitative estimate of drug-likeness (QED) is 0.885. The number of fused-ring (bicyclic) bond motifs is 1. The lowest BCUT2D eigenvalue weighted by molar-refractivity contribution is 0.247. The molecule has 0 radical (unpaired) electrons. The molecule has 1 aromatic carbocycles. The third-order valence-corrected chi connectivity index (χ3v) is 7.92. The van der Waals surface area contributed by atoms with E-state index in [4.69, 9.17) is 5.73 Å². The first-order valence-corrected chi connectivity index (χ1v) is 10.5. The van der Waals surface area contributed by atoms with Crippen LogP contribution in [-0.2, 0) is 15.4 Å². The van der Waals surface area contributed by atoms with Crippen molar-refractivity contribution in [1.29, 1.82) is 0 Å². The summed E-state index contributed by atoms with van der Waals surface area (Å²) in [6, 6.07) is 5.27. The van der Waals surface area contributed by atoms with Gasteiger partial charge >= 0.3 is 0 Å². The number of rotatable bonds is 2. The fourth-order valence-corrected chi connectivity index (χ4v) is 5.89. The molecule has 2 N–H and O–H groups in total. The number of thiazole rings is 1. The molecule has 132 valence electrons. The standard InChI is InChI=1S/C17H25N3O2S2/c1-11-9-12(18)7-8-20(11)24(21,22)13-5-6-14-15(10-13)23-16(19-14)17(2,3)4/h5-6,10-12H,7-9,18H2,1-4H3/t11-,12-/m1/s1. The maximum absolute atomic E-state index is 13.0. The molecule has 3 rings (SSSR count). The van der Waals surface area contributed by atoms with Gasteiger partial charge in [-0.25, -0.2) is 13.4 Å². The normalized spacial score (nSPS) is 23.7. The Hall–Kier alpha value is -1.02. The lowest BCUT2D eigenvalue weighted by Gasteiger charge is -2.35. The number of piperidine rings is 1. The molecule has 2 heterocycles. The van der Waals surface area contributed by atoms with Gasteiger partial charge in [-0.15, -0.1) is 11.3 Å². The van der Waals surface area contributed by atoms with Crippen LogP contribution in [0.15, 0.2) is 23.1 Å². The van der Waals surface area contributed by atoms with Gasteiger partial charge in [0.05, 0.1) is 20.1 Å². The topological polar surface area (TPSA) is 76.3 Å². The first-order chi connectivity index (χ1) is 11.1. The van der Waals surface area contributed by atoms with E-state index in [1.807, 2.05) is 13.0 Å². The third-order valence-electron chi connectivity index (χ3n) is 4.46. The fourth-order valence-electron chi connectivity index (χ4n) is 3.07. The van der Waals surface area contributed by atoms with Gasteiger partial charge in [-0.05, 0) is 38.0 Å². The Morgan fingerprint density at radius 1 is 1.33 bits per heavy atom. The van der Waals surface area contributed by atoms with Gasteiger partial charge in [0.1, 0.15) is 0 Å². The maximum atomic E-state index is 13.0. The summed E-state index contributed by atoms with van der Waals surface area (Å²) in [6.07, 6.45) is 1.41. The van der Waals surface area contributed by atoms with Crippen LogP contribution in [0.4, 0.5) is 0 Å². The summed E-state index contributed by atoms with van der Waals surface area (Å²) in [5, 5.41) is 1.02. The molecule has 1 aromatic heterocycles. The van der Waals surface area contributed by atoms with E-state index in [9.17, 15) is 8.42 Å². The van der Waals surface area contributed by atoms with Gasteiger partial charge in [-0.3, -0.25) is 0 Å². The largest absolute Gasteiger partial charge is 0.328 e. The van der Waals surface area contributed by atoms with Crippen molar-refractivity contribution in [2.75, 3.05) is 6.54 Å². The van der Waals surface area contributed by atoms with Gasteiger partial charge in [0, 0.05) is 24.0 Å². The van der Waals surface area contributed by atoms with Crippen molar-refractivity contribution >= 4 is 31.6 Å². The monoisotopic (exact) mass is 367 g/mol. The van der Waals surface area contributed by atoms with Crippen LogP contribution in [0, 0.1) is 0 Å². The van der Waals surface area contributed by atoms with Crippen molar-refractivity contribution in [2.24, 2.45) is 5.73 Å². The second-order valence-electron chi connectivity index (χ2n) is 7.65. The molecule has 0 unspecified atom stereocenters. The second kappa shape index (κ2) is 6.05. The number of hydrogen-bond donors (Lipinski definition) is 1. The van der Waals surface area contributed by atoms with Crippen LogP contribution in [0.25, 0.3) is 10.2 Å². The van der Waals surface area contributed by atoms with Gasteiger partial charge in [0.2, 0.25) is 10.0 Å². The molecule has 1 saturated heterocycles. The molecule has 24 heavy (non-hydrogen) atoms. The fraction of sp³-hybridized carbons (Fsp3) is 0.588. The Morgan fingerprint density at radius 3 is 2.67 bits per heavy atom. The van der Waals surface area contributed by atoms with Crippen molar-refractivity contribution in [3.8, 4) is 0 Å². The molecular formula is C17H25N3O2S2. The highest BCUT2D eigenvalue weighted by Gasteiger charge is 2.33. The number of benzene rings is 1. The van der Waals surface area contributed by atoms with Crippen LogP contribution < -0.4 is 5.73 Å². The molecule has 7 heteroatoms. The van der Waals surface area contributed by atoms with Crippen LogP contribution in [0.2, 0.25) is 0 Å². The molecule has 0 saturated carbocycles. The zero-order valence-corrected chi connectivity index (χ0v) is 16.2. The number of aromatic nitrogens is 1. The molecule has 1 aliphatic rings. The SMILES string of the molecule is C[C@@H]1C[C@H](N)CCN1S(=O)(=O)c1ccc2nc(C(C)(C)C)sc2c1. The van der Waals surface area contributed by atoms with Gasteiger partial charge in [0.15, 0.2) is 0 Å². The molecule has 0 aliphatic carbocycles. The Morgan fingerprint density at radius 2 is 2.04 bits per heavy atom. The van der Waals surface area contributed by atoms with E-state index >= 15 is 0 Å². The minimum atomic E-state index is -3.50. The second-order valence-corrected chi connectivity index (χ2v) is 10.6. The average Bonchev–Trinajstić information content (AvgIpc) is 2.89. The van der Waals surface area contributed by atoms with Crippen LogP contribution in [0.5, 0.6) is 0 Å². The molecule has 5 nitrogen and oxygen atoms in total. The Kier molecular flexibility index (Phi) is 4.49. The summed E-state index contributed by atoms with van der Waals surface area (Å²) in [5.74, 6) is 0. The first-order valence-electron chi connectivity index (χ1n) is 8.27. The highest BCUT2D eigenvalue weighted by Crippen LogP contribution is 2.33. The van der Waals surface area contributed by atoms with E-state index in [1.165, 1.54) is 0 Å². The van der Waals surface area contributed by atoms with Gasteiger partial charge < -0.3 is 5.73 Å². The number of hydrogen-bond acceptors (Lipinski definition) is 5. The zero-order chi connectivity index (χ0) is 17.7. The predicted octanol–water partition coefficient (Wildman–Crippen LogP) is 3.09. The number of sulfonamides is 1. The van der Waals surface area contributed by atoms with Crippen LogP contribution >= 0.6 is 11.3 Å². The number of nitrogens with two attached hydrogens (primary N) is 1. The van der Waals surface area contributed by atoms with E-state index in [1.54, 1.807) is 27.8 Å². The summed E-state index contributed by atoms with van der Waals surface area (Å²) in [7, 11) is -3.50. The highest BCUT2D eigenvalue weighted by atomic mass is 32.2. The van der Waals surface area contributed by atoms with Crippen LogP contribution in [0.3, 0.4) is 0 Å². The van der Waals surface area contributed by atoms with Crippen molar-refractivity contribution in [1.82, 2.24) is 9.29 Å². The molecule has 0 amide bonds. The highest BCUT2D eigenvalue weighted by molar-refractivity contribution is 7.89. The van der Waals surface area contributed by atoms with E-state index in [2.05, 4.69) is 25.8 Å². The molecule has 1 fully saturated rings. The zero-order valence-electron chi connectivity index (χ0n) is 14.6. The lowest BCUT2D eigenvalue weighted by Crippen LogP contribution is -2.48. The van der Waals surface area contributed by atoms with E-state index in [0.29, 0.717) is 24.3 Å². The summed E-state index contributed by atoms with van der Waals surface area (Å²) >= 11 is 1.57. The van der Waals surface area contributed by atoms with Gasteiger partial charge in [-0.2, -0.15) is 4.31 Å². The van der Waals surface area contributed by atoms with Crippen molar-refractivity contribution in [2.45, 2.75) is 62.9 Å². The van der Waals surface area contributed by atoms with Crippen molar-refractivity contribution in [3.63, 3.8) is 0 Å². The Bertz CT molecular complexity index is 852. The van der Waals surface area contributed by atoms with Crippen molar-refractivity contribution < 1.29 is 8.42 Å². The lowest BCUT2D eigenvalue weighted by atomic mass is 9.98. The molecule has 2 atom stereocenters. The smallest absolute Gasteiger partial charge is 0.243 e. The summed E-state index contributed by atoms with van der Waals surface area (Å²) in [6.45, 7) is 8.75. The van der Waals surface area contributed by atoms with E-state index < -0.39 is 10.0 Å². The molecule has 2 aromatic rings. The maximum Gasteiger partial charge on any atom is 0.243 e. The Labute approximate surface area is 147 Å². The third kappa shape index (κ3) is 3.22. The van der Waals surface area contributed by atoms with Crippen molar-refractivity contribution in [3.05, 3.63) is 23.2 Å². The van der Waals surface area contributed by atoms with E-state index in [0.717, 1.165) is 15.2 Å². The van der Waals surface area contributed by atoms with Gasteiger partial charge in [-0.1, -0.05) is 20.8 Å². The van der Waals surface area contributed by atoms with Crippen LogP contribution in [0.1, 0.15) is 45.5 Å². The summed E-state index contributed by atoms with van der Waals surface area (Å²) in [4.78, 5) is 4.99. The Balaban J connectivity index is 1.99. The molecular weight excluding hydrogens is 342 g/mol. The molecule has 0 bridgehead atoms. The van der Waals surface area contributed by atoms with Crippen LogP contribution in [-0.4, -0.2) is 36.3 Å².